The zero-order valence-corrected chi connectivity index (χ0v) is 18.5. The van der Waals surface area contributed by atoms with Gasteiger partial charge in [0.05, 0.1) is 13.2 Å². The van der Waals surface area contributed by atoms with Crippen molar-refractivity contribution in [2.75, 3.05) is 98.3 Å². The first-order valence-corrected chi connectivity index (χ1v) is 11.5. The predicted molar refractivity (Wildman–Crippen MR) is 126 cm³/mol. The van der Waals surface area contributed by atoms with Gasteiger partial charge in [0.15, 0.2) is 0 Å². The Hall–Kier alpha value is -2.58. The zero-order chi connectivity index (χ0) is 21.0. The van der Waals surface area contributed by atoms with Gasteiger partial charge in [0, 0.05) is 77.2 Å². The number of ether oxygens (including phenoxy) is 1. The highest BCUT2D eigenvalue weighted by Crippen LogP contribution is 2.26. The summed E-state index contributed by atoms with van der Waals surface area (Å²) in [7, 11) is 0. The molecule has 1 aromatic heterocycles. The fraction of sp³-hybridized carbons (Fsp3) is 0.565. The lowest BCUT2D eigenvalue weighted by Gasteiger charge is -2.37. The van der Waals surface area contributed by atoms with Gasteiger partial charge in [-0.15, -0.1) is 0 Å². The van der Waals surface area contributed by atoms with E-state index in [9.17, 15) is 0 Å². The molecule has 0 saturated carbocycles. The molecule has 3 aliphatic heterocycles. The first kappa shape index (κ1) is 20.3. The smallest absolute Gasteiger partial charge is 0.229 e. The van der Waals surface area contributed by atoms with Crippen molar-refractivity contribution in [3.63, 3.8) is 0 Å². The molecule has 3 saturated heterocycles. The van der Waals surface area contributed by atoms with Gasteiger partial charge in [-0.25, -0.2) is 0 Å². The van der Waals surface area contributed by atoms with Crippen LogP contribution in [-0.4, -0.2) is 88.6 Å². The maximum atomic E-state index is 5.56. The minimum atomic E-state index is 0.761. The molecule has 0 aliphatic carbocycles. The van der Waals surface area contributed by atoms with Crippen LogP contribution >= 0.6 is 0 Å². The van der Waals surface area contributed by atoms with Crippen molar-refractivity contribution < 1.29 is 4.74 Å². The number of aromatic nitrogens is 2. The molecule has 0 amide bonds. The standard InChI is InChI=1S/C23H33N7O/c1-19-2-4-20(5-3-19)27-10-12-30(13-11-27)23-25-21(28-8-6-24-7-9-28)18-22(26-23)29-14-16-31-17-15-29/h2-5,18,24H,6-17H2,1H3. The van der Waals surface area contributed by atoms with Crippen LogP contribution in [0.1, 0.15) is 5.56 Å². The van der Waals surface area contributed by atoms with Gasteiger partial charge in [0.25, 0.3) is 0 Å². The summed E-state index contributed by atoms with van der Waals surface area (Å²) in [5, 5.41) is 3.44. The number of nitrogens with zero attached hydrogens (tertiary/aromatic N) is 6. The van der Waals surface area contributed by atoms with Gasteiger partial charge >= 0.3 is 0 Å². The van der Waals surface area contributed by atoms with Gasteiger partial charge in [-0.3, -0.25) is 0 Å². The maximum Gasteiger partial charge on any atom is 0.229 e. The zero-order valence-electron chi connectivity index (χ0n) is 18.5. The van der Waals surface area contributed by atoms with Crippen LogP contribution in [0.2, 0.25) is 0 Å². The molecular weight excluding hydrogens is 390 g/mol. The van der Waals surface area contributed by atoms with Crippen LogP contribution in [0.5, 0.6) is 0 Å². The minimum Gasteiger partial charge on any atom is -0.378 e. The van der Waals surface area contributed by atoms with E-state index in [0.717, 1.165) is 96.2 Å². The Morgan fingerprint density at radius 1 is 0.710 bits per heavy atom. The molecule has 3 fully saturated rings. The first-order chi connectivity index (χ1) is 15.3. The third kappa shape index (κ3) is 4.70. The van der Waals surface area contributed by atoms with E-state index in [4.69, 9.17) is 14.7 Å². The maximum absolute atomic E-state index is 5.56. The number of piperazine rings is 2. The summed E-state index contributed by atoms with van der Waals surface area (Å²) in [5.41, 5.74) is 2.60. The van der Waals surface area contributed by atoms with E-state index in [1.807, 2.05) is 0 Å². The van der Waals surface area contributed by atoms with Crippen LogP contribution in [0.25, 0.3) is 0 Å². The van der Waals surface area contributed by atoms with E-state index in [2.05, 4.69) is 62.2 Å². The lowest BCUT2D eigenvalue weighted by atomic mass is 10.2. The average Bonchev–Trinajstić information content (AvgIpc) is 2.85. The molecule has 0 unspecified atom stereocenters. The molecule has 0 bridgehead atoms. The fourth-order valence-corrected chi connectivity index (χ4v) is 4.48. The van der Waals surface area contributed by atoms with Crippen LogP contribution in [0.3, 0.4) is 0 Å². The monoisotopic (exact) mass is 423 g/mol. The predicted octanol–water partition coefficient (Wildman–Crippen LogP) is 1.36. The lowest BCUT2D eigenvalue weighted by Crippen LogP contribution is -2.48. The molecule has 5 rings (SSSR count). The molecule has 0 spiro atoms. The van der Waals surface area contributed by atoms with Crippen LogP contribution in [0.4, 0.5) is 23.3 Å². The molecule has 2 aromatic rings. The summed E-state index contributed by atoms with van der Waals surface area (Å²) in [6.07, 6.45) is 0. The number of anilines is 4. The second kappa shape index (κ2) is 9.28. The van der Waals surface area contributed by atoms with Crippen molar-refractivity contribution in [2.24, 2.45) is 0 Å². The highest BCUT2D eigenvalue weighted by Gasteiger charge is 2.24. The van der Waals surface area contributed by atoms with Gasteiger partial charge in [-0.05, 0) is 19.1 Å². The van der Waals surface area contributed by atoms with Crippen LogP contribution < -0.4 is 24.9 Å². The quantitative estimate of drug-likeness (QED) is 0.791. The normalized spacial score (nSPS) is 20.3. The Morgan fingerprint density at radius 2 is 1.29 bits per heavy atom. The molecule has 166 valence electrons. The van der Waals surface area contributed by atoms with E-state index < -0.39 is 0 Å². The van der Waals surface area contributed by atoms with E-state index in [1.54, 1.807) is 0 Å². The van der Waals surface area contributed by atoms with Gasteiger partial charge in [-0.1, -0.05) is 17.7 Å². The van der Waals surface area contributed by atoms with Crippen LogP contribution in [0.15, 0.2) is 30.3 Å². The molecular formula is C23H33N7O. The van der Waals surface area contributed by atoms with E-state index in [1.165, 1.54) is 11.3 Å². The van der Waals surface area contributed by atoms with Gasteiger partial charge in [0.1, 0.15) is 11.6 Å². The van der Waals surface area contributed by atoms with E-state index in [-0.39, 0.29) is 0 Å². The lowest BCUT2D eigenvalue weighted by molar-refractivity contribution is 0.122. The largest absolute Gasteiger partial charge is 0.378 e. The second-order valence-corrected chi connectivity index (χ2v) is 8.53. The average molecular weight is 424 g/mol. The minimum absolute atomic E-state index is 0.761. The third-order valence-electron chi connectivity index (χ3n) is 6.42. The van der Waals surface area contributed by atoms with Crippen molar-refractivity contribution in [3.05, 3.63) is 35.9 Å². The summed E-state index contributed by atoms with van der Waals surface area (Å²) in [4.78, 5) is 19.6. The Labute approximate surface area is 184 Å². The van der Waals surface area contributed by atoms with Crippen molar-refractivity contribution in [3.8, 4) is 0 Å². The first-order valence-electron chi connectivity index (χ1n) is 11.5. The molecule has 1 N–H and O–H groups in total. The SMILES string of the molecule is Cc1ccc(N2CCN(c3nc(N4CCNCC4)cc(N4CCOCC4)n3)CC2)cc1. The van der Waals surface area contributed by atoms with Crippen molar-refractivity contribution in [2.45, 2.75) is 6.92 Å². The van der Waals surface area contributed by atoms with Gasteiger partial charge in [-0.2, -0.15) is 9.97 Å². The number of aryl methyl sites for hydroxylation is 1. The number of rotatable bonds is 4. The van der Waals surface area contributed by atoms with E-state index in [0.29, 0.717) is 0 Å². The van der Waals surface area contributed by atoms with Gasteiger partial charge in [0.2, 0.25) is 5.95 Å². The Balaban J connectivity index is 1.35. The Morgan fingerprint density at radius 3 is 1.94 bits per heavy atom. The molecule has 0 atom stereocenters. The van der Waals surface area contributed by atoms with Gasteiger partial charge < -0.3 is 29.7 Å². The Kier molecular flexibility index (Phi) is 6.08. The van der Waals surface area contributed by atoms with Crippen LogP contribution in [-0.2, 0) is 4.74 Å². The molecule has 8 nitrogen and oxygen atoms in total. The highest BCUT2D eigenvalue weighted by atomic mass is 16.5. The van der Waals surface area contributed by atoms with Crippen molar-refractivity contribution >= 4 is 23.3 Å². The Bertz CT molecular complexity index is 818. The molecule has 3 aliphatic rings. The summed E-state index contributed by atoms with van der Waals surface area (Å²) in [6.45, 7) is 13.2. The summed E-state index contributed by atoms with van der Waals surface area (Å²) in [5.74, 6) is 2.94. The number of hydrogen-bond acceptors (Lipinski definition) is 8. The molecule has 1 aromatic carbocycles. The molecule has 0 radical (unpaired) electrons. The fourth-order valence-electron chi connectivity index (χ4n) is 4.48. The molecule has 8 heteroatoms. The number of benzene rings is 1. The topological polar surface area (TPSA) is 60.0 Å². The number of hydrogen-bond donors (Lipinski definition) is 1. The number of morpholine rings is 1. The summed E-state index contributed by atoms with van der Waals surface area (Å²) >= 11 is 0. The van der Waals surface area contributed by atoms with E-state index >= 15 is 0 Å². The van der Waals surface area contributed by atoms with Crippen molar-refractivity contribution in [1.82, 2.24) is 15.3 Å². The van der Waals surface area contributed by atoms with Crippen LogP contribution in [0, 0.1) is 6.92 Å². The summed E-state index contributed by atoms with van der Waals surface area (Å²) < 4.78 is 5.56. The summed E-state index contributed by atoms with van der Waals surface area (Å²) in [6, 6.07) is 11.0. The molecule has 4 heterocycles. The second-order valence-electron chi connectivity index (χ2n) is 8.53. The third-order valence-corrected chi connectivity index (χ3v) is 6.42. The van der Waals surface area contributed by atoms with Crippen molar-refractivity contribution in [1.29, 1.82) is 0 Å². The molecule has 31 heavy (non-hydrogen) atoms. The number of nitrogens with one attached hydrogen (secondary N) is 1. The highest BCUT2D eigenvalue weighted by molar-refractivity contribution is 5.57.